The molecule has 1 aliphatic rings. The summed E-state index contributed by atoms with van der Waals surface area (Å²) in [6.45, 7) is 5.16. The number of carbonyl (C=O) groups excluding carboxylic acids is 3. The van der Waals surface area contributed by atoms with Gasteiger partial charge >= 0.3 is 23.9 Å². The van der Waals surface area contributed by atoms with Crippen LogP contribution in [-0.2, 0) is 33.3 Å². The van der Waals surface area contributed by atoms with E-state index in [4.69, 9.17) is 29.4 Å². The Labute approximate surface area is 203 Å². The second kappa shape index (κ2) is 13.5. The van der Waals surface area contributed by atoms with Gasteiger partial charge in [0.1, 0.15) is 11.3 Å². The first-order chi connectivity index (χ1) is 16.7. The smallest absolute Gasteiger partial charge is 0.339 e. The molecule has 11 heteroatoms. The molecule has 2 rings (SSSR count). The first-order valence-corrected chi connectivity index (χ1v) is 11.7. The van der Waals surface area contributed by atoms with Gasteiger partial charge in [-0.2, -0.15) is 0 Å². The van der Waals surface area contributed by atoms with Crippen LogP contribution in [0.25, 0.3) is 0 Å². The Balaban J connectivity index is 2.41. The van der Waals surface area contributed by atoms with Crippen LogP contribution < -0.4 is 10.5 Å². The molecule has 1 aromatic carbocycles. The summed E-state index contributed by atoms with van der Waals surface area (Å²) in [5, 5.41) is 9.53. The van der Waals surface area contributed by atoms with Crippen LogP contribution in [0, 0.1) is 0 Å². The summed E-state index contributed by atoms with van der Waals surface area (Å²) in [6, 6.07) is 4.00. The fraction of sp³-hybridized carbons (Fsp3) is 0.583. The van der Waals surface area contributed by atoms with Crippen molar-refractivity contribution in [2.45, 2.75) is 83.9 Å². The van der Waals surface area contributed by atoms with Crippen LogP contribution in [0.15, 0.2) is 18.2 Å². The number of hydrogen-bond donors (Lipinski definition) is 2. The van der Waals surface area contributed by atoms with Crippen molar-refractivity contribution in [3.63, 3.8) is 0 Å². The van der Waals surface area contributed by atoms with Crippen molar-refractivity contribution in [2.24, 2.45) is 0 Å². The lowest BCUT2D eigenvalue weighted by Gasteiger charge is -2.40. The van der Waals surface area contributed by atoms with Crippen molar-refractivity contribution in [3.05, 3.63) is 23.8 Å². The van der Waals surface area contributed by atoms with Gasteiger partial charge in [-0.3, -0.25) is 14.4 Å². The van der Waals surface area contributed by atoms with Gasteiger partial charge < -0.3 is 34.5 Å². The minimum Gasteiger partial charge on any atom is -0.478 e. The van der Waals surface area contributed by atoms with Crippen molar-refractivity contribution < 1.29 is 48.0 Å². The second-order valence-electron chi connectivity index (χ2n) is 8.07. The molecule has 0 radical (unpaired) electrons. The van der Waals surface area contributed by atoms with Crippen LogP contribution in [-0.4, -0.2) is 60.2 Å². The Hall–Kier alpha value is -3.34. The number of carboxylic acid groups (broad SMARTS) is 1. The van der Waals surface area contributed by atoms with Gasteiger partial charge in [0.05, 0.1) is 6.61 Å². The summed E-state index contributed by atoms with van der Waals surface area (Å²) in [5.41, 5.74) is 5.67. The highest BCUT2D eigenvalue weighted by molar-refractivity contribution is 5.92. The Morgan fingerprint density at radius 3 is 2.00 bits per heavy atom. The van der Waals surface area contributed by atoms with Gasteiger partial charge in [-0.15, -0.1) is 0 Å². The van der Waals surface area contributed by atoms with Gasteiger partial charge in [0.25, 0.3) is 0 Å². The molecule has 11 nitrogen and oxygen atoms in total. The third-order valence-corrected chi connectivity index (χ3v) is 5.04. The van der Waals surface area contributed by atoms with E-state index in [1.807, 2.05) is 6.92 Å². The van der Waals surface area contributed by atoms with Crippen molar-refractivity contribution >= 4 is 29.6 Å². The topological polar surface area (TPSA) is 161 Å². The van der Waals surface area contributed by atoms with Gasteiger partial charge in [-0.05, 0) is 37.5 Å². The molecule has 35 heavy (non-hydrogen) atoms. The standard InChI is InChI=1S/C24H33NO10/c1-4-7-18(26)32-17-13-31-24(33-16-11-10-14(25)12-15(16)23(29)30)22(35-20(28)9-6-3)21(17)34-19(27)8-5-2/h10-12,17,21-22,24H,4-9,13,25H2,1-3H3,(H,29,30)/t17-,21-,22+,24?/m0/s1. The molecule has 0 saturated carbocycles. The van der Waals surface area contributed by atoms with Gasteiger partial charge in [0.2, 0.25) is 12.4 Å². The van der Waals surface area contributed by atoms with Crippen molar-refractivity contribution in [1.82, 2.24) is 0 Å². The molecule has 3 N–H and O–H groups in total. The number of nitrogen functional groups attached to an aromatic ring is 1. The molecule has 1 aliphatic heterocycles. The lowest BCUT2D eigenvalue weighted by Crippen LogP contribution is -2.59. The number of carbonyl (C=O) groups is 4. The zero-order chi connectivity index (χ0) is 26.0. The molecule has 1 aromatic rings. The molecule has 0 aromatic heterocycles. The third kappa shape index (κ3) is 8.13. The van der Waals surface area contributed by atoms with Gasteiger partial charge in [0.15, 0.2) is 12.2 Å². The number of esters is 3. The minimum atomic E-state index is -1.35. The molecule has 4 atom stereocenters. The molecular formula is C24H33NO10. The van der Waals surface area contributed by atoms with Gasteiger partial charge in [-0.25, -0.2) is 4.79 Å². The summed E-state index contributed by atoms with van der Waals surface area (Å²) in [7, 11) is 0. The quantitative estimate of drug-likeness (QED) is 0.249. The van der Waals surface area contributed by atoms with E-state index in [0.717, 1.165) is 0 Å². The summed E-state index contributed by atoms with van der Waals surface area (Å²) in [6.07, 6.45) is -3.11. The molecule has 1 saturated heterocycles. The van der Waals surface area contributed by atoms with Crippen LogP contribution in [0.4, 0.5) is 5.69 Å². The van der Waals surface area contributed by atoms with E-state index in [2.05, 4.69) is 0 Å². The molecular weight excluding hydrogens is 462 g/mol. The summed E-state index contributed by atoms with van der Waals surface area (Å²) < 4.78 is 28.1. The number of anilines is 1. The van der Waals surface area contributed by atoms with Gasteiger partial charge in [0, 0.05) is 24.9 Å². The number of rotatable bonds is 12. The number of hydrogen-bond acceptors (Lipinski definition) is 10. The van der Waals surface area contributed by atoms with Crippen molar-refractivity contribution in [1.29, 1.82) is 0 Å². The summed E-state index contributed by atoms with van der Waals surface area (Å²) in [4.78, 5) is 48.7. The Bertz CT molecular complexity index is 902. The van der Waals surface area contributed by atoms with Gasteiger partial charge in [-0.1, -0.05) is 20.8 Å². The number of carboxylic acids is 1. The molecule has 0 aliphatic carbocycles. The van der Waals surface area contributed by atoms with E-state index < -0.39 is 48.5 Å². The predicted octanol–water partition coefficient (Wildman–Crippen LogP) is 2.84. The highest BCUT2D eigenvalue weighted by Crippen LogP contribution is 2.30. The first kappa shape index (κ1) is 27.9. The number of benzene rings is 1. The fourth-order valence-electron chi connectivity index (χ4n) is 3.42. The maximum absolute atomic E-state index is 12.4. The molecule has 1 unspecified atom stereocenters. The highest BCUT2D eigenvalue weighted by Gasteiger charge is 2.49. The van der Waals surface area contributed by atoms with Crippen molar-refractivity contribution in [3.8, 4) is 5.75 Å². The van der Waals surface area contributed by atoms with Crippen LogP contribution in [0.2, 0.25) is 0 Å². The molecule has 0 spiro atoms. The second-order valence-corrected chi connectivity index (χ2v) is 8.07. The molecule has 194 valence electrons. The average Bonchev–Trinajstić information content (AvgIpc) is 2.79. The number of nitrogens with two attached hydrogens (primary N) is 1. The van der Waals surface area contributed by atoms with E-state index in [-0.39, 0.29) is 42.9 Å². The predicted molar refractivity (Wildman–Crippen MR) is 123 cm³/mol. The Morgan fingerprint density at radius 1 is 0.914 bits per heavy atom. The highest BCUT2D eigenvalue weighted by atomic mass is 16.7. The number of ether oxygens (including phenoxy) is 5. The van der Waals surface area contributed by atoms with Crippen LogP contribution in [0.1, 0.15) is 69.7 Å². The first-order valence-electron chi connectivity index (χ1n) is 11.7. The lowest BCUT2D eigenvalue weighted by atomic mass is 10.0. The van der Waals surface area contributed by atoms with E-state index in [9.17, 15) is 24.3 Å². The maximum Gasteiger partial charge on any atom is 0.339 e. The minimum absolute atomic E-state index is 0.0708. The molecule has 1 heterocycles. The fourth-order valence-corrected chi connectivity index (χ4v) is 3.42. The normalized spacial score (nSPS) is 21.6. The van der Waals surface area contributed by atoms with Crippen LogP contribution in [0.5, 0.6) is 5.75 Å². The SMILES string of the molecule is CCCC(=O)O[C@H]1[C@@H](OC(=O)CCC)COC(Oc2ccc(N)cc2C(=O)O)[C@@H]1OC(=O)CCC. The van der Waals surface area contributed by atoms with E-state index in [1.165, 1.54) is 18.2 Å². The largest absolute Gasteiger partial charge is 0.478 e. The van der Waals surface area contributed by atoms with E-state index in [0.29, 0.717) is 19.3 Å². The van der Waals surface area contributed by atoms with E-state index in [1.54, 1.807) is 13.8 Å². The zero-order valence-electron chi connectivity index (χ0n) is 20.2. The number of aromatic carboxylic acids is 1. The molecule has 0 bridgehead atoms. The third-order valence-electron chi connectivity index (χ3n) is 5.04. The van der Waals surface area contributed by atoms with Crippen molar-refractivity contribution in [2.75, 3.05) is 12.3 Å². The maximum atomic E-state index is 12.4. The lowest BCUT2D eigenvalue weighted by molar-refractivity contribution is -0.261. The Morgan fingerprint density at radius 2 is 1.46 bits per heavy atom. The summed E-state index contributed by atoms with van der Waals surface area (Å²) in [5.74, 6) is -3.09. The Kier molecular flexibility index (Phi) is 10.8. The zero-order valence-corrected chi connectivity index (χ0v) is 20.2. The van der Waals surface area contributed by atoms with E-state index >= 15 is 0 Å². The summed E-state index contributed by atoms with van der Waals surface area (Å²) >= 11 is 0. The van der Waals surface area contributed by atoms with Crippen LogP contribution in [0.3, 0.4) is 0 Å². The molecule has 1 fully saturated rings. The van der Waals surface area contributed by atoms with Crippen LogP contribution >= 0.6 is 0 Å². The molecule has 0 amide bonds. The monoisotopic (exact) mass is 495 g/mol. The average molecular weight is 496 g/mol.